The maximum Gasteiger partial charge on any atom is 0.0348 e. The lowest BCUT2D eigenvalue weighted by molar-refractivity contribution is 0.363. The van der Waals surface area contributed by atoms with Crippen molar-refractivity contribution in [1.29, 1.82) is 0 Å². The molecule has 1 aromatic carbocycles. The van der Waals surface area contributed by atoms with E-state index in [-0.39, 0.29) is 0 Å². The van der Waals surface area contributed by atoms with Crippen LogP contribution in [-0.4, -0.2) is 6.54 Å². The standard InChI is InChI=1S/C19H29N/c1-3-20-19(18-11-10-14(2)12-18)17-9-5-8-16(13-17)15-6-4-7-15/h5,8-9,13-15,18-20H,3-4,6-7,10-12H2,1-2H3. The molecule has 1 N–H and O–H groups in total. The summed E-state index contributed by atoms with van der Waals surface area (Å²) in [5, 5.41) is 3.76. The zero-order valence-corrected chi connectivity index (χ0v) is 13.1. The average molecular weight is 271 g/mol. The highest BCUT2D eigenvalue weighted by molar-refractivity contribution is 5.30. The van der Waals surface area contributed by atoms with Gasteiger partial charge in [0, 0.05) is 6.04 Å². The van der Waals surface area contributed by atoms with E-state index in [4.69, 9.17) is 0 Å². The van der Waals surface area contributed by atoms with Crippen LogP contribution < -0.4 is 5.32 Å². The Morgan fingerprint density at radius 1 is 1.20 bits per heavy atom. The second-order valence-electron chi connectivity index (χ2n) is 7.01. The maximum atomic E-state index is 3.76. The van der Waals surface area contributed by atoms with Gasteiger partial charge in [-0.2, -0.15) is 0 Å². The van der Waals surface area contributed by atoms with Gasteiger partial charge in [-0.3, -0.25) is 0 Å². The lowest BCUT2D eigenvalue weighted by Crippen LogP contribution is -2.27. The molecule has 0 spiro atoms. The molecule has 2 aliphatic rings. The molecule has 1 aromatic rings. The predicted molar refractivity (Wildman–Crippen MR) is 86.0 cm³/mol. The van der Waals surface area contributed by atoms with Crippen LogP contribution >= 0.6 is 0 Å². The van der Waals surface area contributed by atoms with E-state index in [1.54, 1.807) is 5.56 Å². The molecule has 0 saturated heterocycles. The molecule has 20 heavy (non-hydrogen) atoms. The first-order valence-electron chi connectivity index (χ1n) is 8.61. The average Bonchev–Trinajstić information content (AvgIpc) is 2.81. The third-order valence-electron chi connectivity index (χ3n) is 5.48. The Balaban J connectivity index is 1.79. The van der Waals surface area contributed by atoms with Crippen LogP contribution in [0, 0.1) is 11.8 Å². The fraction of sp³-hybridized carbons (Fsp3) is 0.684. The van der Waals surface area contributed by atoms with Crippen molar-refractivity contribution >= 4 is 0 Å². The summed E-state index contributed by atoms with van der Waals surface area (Å²) in [5.41, 5.74) is 3.12. The first-order chi connectivity index (χ1) is 9.78. The number of hydrogen-bond acceptors (Lipinski definition) is 1. The summed E-state index contributed by atoms with van der Waals surface area (Å²) in [7, 11) is 0. The van der Waals surface area contributed by atoms with Crippen molar-refractivity contribution in [3.8, 4) is 0 Å². The predicted octanol–water partition coefficient (Wildman–Crippen LogP) is 5.04. The summed E-state index contributed by atoms with van der Waals surface area (Å²) < 4.78 is 0. The Hall–Kier alpha value is -0.820. The van der Waals surface area contributed by atoms with E-state index in [1.807, 2.05) is 0 Å². The van der Waals surface area contributed by atoms with Gasteiger partial charge in [0.2, 0.25) is 0 Å². The number of nitrogens with one attached hydrogen (secondary N) is 1. The Kier molecular flexibility index (Phi) is 4.45. The van der Waals surface area contributed by atoms with E-state index in [1.165, 1.54) is 44.1 Å². The van der Waals surface area contributed by atoms with Gasteiger partial charge in [-0.05, 0) is 61.1 Å². The van der Waals surface area contributed by atoms with E-state index in [0.717, 1.165) is 24.3 Å². The van der Waals surface area contributed by atoms with Crippen molar-refractivity contribution < 1.29 is 0 Å². The summed E-state index contributed by atoms with van der Waals surface area (Å²) in [4.78, 5) is 0. The zero-order chi connectivity index (χ0) is 13.9. The minimum atomic E-state index is 0.574. The summed E-state index contributed by atoms with van der Waals surface area (Å²) >= 11 is 0. The van der Waals surface area contributed by atoms with Crippen molar-refractivity contribution in [2.45, 2.75) is 64.3 Å². The second kappa shape index (κ2) is 6.30. The van der Waals surface area contributed by atoms with Gasteiger partial charge in [-0.1, -0.05) is 51.0 Å². The van der Waals surface area contributed by atoms with Gasteiger partial charge < -0.3 is 5.32 Å². The van der Waals surface area contributed by atoms with Gasteiger partial charge in [-0.15, -0.1) is 0 Å². The normalized spacial score (nSPS) is 28.3. The molecular formula is C19H29N. The molecule has 2 fully saturated rings. The van der Waals surface area contributed by atoms with Gasteiger partial charge in [-0.25, -0.2) is 0 Å². The summed E-state index contributed by atoms with van der Waals surface area (Å²) in [6, 6.07) is 10.0. The smallest absolute Gasteiger partial charge is 0.0348 e. The van der Waals surface area contributed by atoms with Gasteiger partial charge in [0.05, 0.1) is 0 Å². The van der Waals surface area contributed by atoms with Crippen LogP contribution in [0.2, 0.25) is 0 Å². The van der Waals surface area contributed by atoms with Crippen molar-refractivity contribution in [2.24, 2.45) is 11.8 Å². The van der Waals surface area contributed by atoms with Crippen molar-refractivity contribution in [3.63, 3.8) is 0 Å². The molecule has 3 unspecified atom stereocenters. The molecule has 2 aliphatic carbocycles. The molecule has 0 amide bonds. The largest absolute Gasteiger partial charge is 0.310 e. The zero-order valence-electron chi connectivity index (χ0n) is 13.1. The van der Waals surface area contributed by atoms with Crippen LogP contribution in [0.1, 0.15) is 75.5 Å². The van der Waals surface area contributed by atoms with Crippen LogP contribution in [-0.2, 0) is 0 Å². The van der Waals surface area contributed by atoms with Crippen molar-refractivity contribution in [3.05, 3.63) is 35.4 Å². The molecular weight excluding hydrogens is 242 g/mol. The van der Waals surface area contributed by atoms with Crippen molar-refractivity contribution in [2.75, 3.05) is 6.54 Å². The van der Waals surface area contributed by atoms with Gasteiger partial charge in [0.1, 0.15) is 0 Å². The summed E-state index contributed by atoms with van der Waals surface area (Å²) in [5.74, 6) is 2.59. The monoisotopic (exact) mass is 271 g/mol. The lowest BCUT2D eigenvalue weighted by atomic mass is 9.79. The van der Waals surface area contributed by atoms with E-state index < -0.39 is 0 Å². The van der Waals surface area contributed by atoms with E-state index >= 15 is 0 Å². The number of benzene rings is 1. The van der Waals surface area contributed by atoms with E-state index in [0.29, 0.717) is 6.04 Å². The van der Waals surface area contributed by atoms with Gasteiger partial charge in [0.15, 0.2) is 0 Å². The molecule has 1 nitrogen and oxygen atoms in total. The summed E-state index contributed by atoms with van der Waals surface area (Å²) in [6.07, 6.45) is 8.42. The Labute approximate surface area is 124 Å². The van der Waals surface area contributed by atoms with Crippen molar-refractivity contribution in [1.82, 2.24) is 5.32 Å². The fourth-order valence-electron chi connectivity index (χ4n) is 4.08. The molecule has 0 radical (unpaired) electrons. The first kappa shape index (κ1) is 14.1. The van der Waals surface area contributed by atoms with Crippen LogP contribution in [0.25, 0.3) is 0 Å². The first-order valence-corrected chi connectivity index (χ1v) is 8.61. The third-order valence-corrected chi connectivity index (χ3v) is 5.48. The molecule has 0 bridgehead atoms. The number of hydrogen-bond donors (Lipinski definition) is 1. The molecule has 1 heteroatoms. The van der Waals surface area contributed by atoms with E-state index in [2.05, 4.69) is 43.4 Å². The maximum absolute atomic E-state index is 3.76. The summed E-state index contributed by atoms with van der Waals surface area (Å²) in [6.45, 7) is 5.72. The molecule has 110 valence electrons. The highest BCUT2D eigenvalue weighted by Crippen LogP contribution is 2.41. The molecule has 2 saturated carbocycles. The second-order valence-corrected chi connectivity index (χ2v) is 7.01. The highest BCUT2D eigenvalue weighted by Gasteiger charge is 2.30. The van der Waals surface area contributed by atoms with E-state index in [9.17, 15) is 0 Å². The quantitative estimate of drug-likeness (QED) is 0.791. The van der Waals surface area contributed by atoms with Crippen LogP contribution in [0.4, 0.5) is 0 Å². The Morgan fingerprint density at radius 3 is 2.65 bits per heavy atom. The fourth-order valence-corrected chi connectivity index (χ4v) is 4.08. The Bertz CT molecular complexity index is 435. The SMILES string of the molecule is CCNC(c1cccc(C2CCC2)c1)C1CCC(C)C1. The molecule has 3 atom stereocenters. The van der Waals surface area contributed by atoms with Crippen LogP contribution in [0.5, 0.6) is 0 Å². The molecule has 0 aliphatic heterocycles. The minimum Gasteiger partial charge on any atom is -0.310 e. The molecule has 0 heterocycles. The molecule has 3 rings (SSSR count). The van der Waals surface area contributed by atoms with Crippen LogP contribution in [0.3, 0.4) is 0 Å². The molecule has 0 aromatic heterocycles. The Morgan fingerprint density at radius 2 is 2.05 bits per heavy atom. The lowest BCUT2D eigenvalue weighted by Gasteiger charge is -2.29. The van der Waals surface area contributed by atoms with Crippen LogP contribution in [0.15, 0.2) is 24.3 Å². The topological polar surface area (TPSA) is 12.0 Å². The minimum absolute atomic E-state index is 0.574. The number of rotatable bonds is 5. The van der Waals surface area contributed by atoms with Gasteiger partial charge in [0.25, 0.3) is 0 Å². The highest BCUT2D eigenvalue weighted by atomic mass is 14.9. The third kappa shape index (κ3) is 2.93. The van der Waals surface area contributed by atoms with Gasteiger partial charge >= 0.3 is 0 Å².